The molecule has 1 heterocycles. The fraction of sp³-hybridized carbons (Fsp3) is 0.588. The third-order valence-corrected chi connectivity index (χ3v) is 6.80. The molecule has 1 aliphatic heterocycles. The molecule has 1 aromatic carbocycles. The minimum absolute atomic E-state index is 0.0209. The molecule has 1 fully saturated rings. The molecule has 0 aromatic heterocycles. The van der Waals surface area contributed by atoms with Crippen LogP contribution in [-0.4, -0.2) is 49.4 Å². The summed E-state index contributed by atoms with van der Waals surface area (Å²) in [6.45, 7) is 4.19. The van der Waals surface area contributed by atoms with E-state index in [4.69, 9.17) is 27.9 Å². The number of nitrogens with zero attached hydrogens (tertiary/aromatic N) is 1. The molecule has 0 radical (unpaired) electrons. The zero-order chi connectivity index (χ0) is 18.6. The maximum absolute atomic E-state index is 12.9. The average Bonchev–Trinajstić information content (AvgIpc) is 2.91. The normalized spacial score (nSPS) is 20.2. The SMILES string of the molecule is CCCCN(C(=O)C(C)Oc1cccc(Cl)c1Cl)C1CCS(=O)(=O)C1. The molecule has 1 amide bonds. The number of benzene rings is 1. The minimum atomic E-state index is -3.07. The van der Waals surface area contributed by atoms with Crippen LogP contribution in [0.2, 0.25) is 10.0 Å². The van der Waals surface area contributed by atoms with Gasteiger partial charge in [-0.25, -0.2) is 8.42 Å². The minimum Gasteiger partial charge on any atom is -0.479 e. The predicted octanol–water partition coefficient (Wildman–Crippen LogP) is 3.58. The Bertz CT molecular complexity index is 723. The molecule has 1 aliphatic rings. The van der Waals surface area contributed by atoms with Crippen molar-refractivity contribution >= 4 is 38.9 Å². The second-order valence-corrected chi connectivity index (χ2v) is 9.27. The molecule has 0 aliphatic carbocycles. The lowest BCUT2D eigenvalue weighted by Crippen LogP contribution is -2.47. The van der Waals surface area contributed by atoms with Gasteiger partial charge in [-0.1, -0.05) is 42.6 Å². The van der Waals surface area contributed by atoms with Crippen molar-refractivity contribution in [1.82, 2.24) is 4.90 Å². The highest BCUT2D eigenvalue weighted by molar-refractivity contribution is 7.91. The Morgan fingerprint density at radius 3 is 2.72 bits per heavy atom. The number of ether oxygens (including phenoxy) is 1. The van der Waals surface area contributed by atoms with E-state index in [1.54, 1.807) is 30.0 Å². The van der Waals surface area contributed by atoms with E-state index < -0.39 is 15.9 Å². The predicted molar refractivity (Wildman–Crippen MR) is 100 cm³/mol. The maximum atomic E-state index is 12.9. The van der Waals surface area contributed by atoms with Gasteiger partial charge in [-0.3, -0.25) is 4.79 Å². The number of unbranched alkanes of at least 4 members (excludes halogenated alkanes) is 1. The Labute approximate surface area is 159 Å². The highest BCUT2D eigenvalue weighted by Crippen LogP contribution is 2.32. The lowest BCUT2D eigenvalue weighted by Gasteiger charge is -2.31. The number of rotatable bonds is 7. The van der Waals surface area contributed by atoms with Gasteiger partial charge in [-0.2, -0.15) is 0 Å². The van der Waals surface area contributed by atoms with Crippen molar-refractivity contribution in [2.75, 3.05) is 18.1 Å². The first-order valence-electron chi connectivity index (χ1n) is 8.36. The quantitative estimate of drug-likeness (QED) is 0.692. The summed E-state index contributed by atoms with van der Waals surface area (Å²) in [6, 6.07) is 4.69. The molecule has 2 unspecified atom stereocenters. The van der Waals surface area contributed by atoms with Gasteiger partial charge < -0.3 is 9.64 Å². The van der Waals surface area contributed by atoms with Gasteiger partial charge >= 0.3 is 0 Å². The van der Waals surface area contributed by atoms with Crippen molar-refractivity contribution in [3.63, 3.8) is 0 Å². The van der Waals surface area contributed by atoms with Crippen LogP contribution in [-0.2, 0) is 14.6 Å². The average molecular weight is 408 g/mol. The molecule has 8 heteroatoms. The number of halogens is 2. The summed E-state index contributed by atoms with van der Waals surface area (Å²) in [6.07, 6.45) is 1.42. The van der Waals surface area contributed by atoms with Crippen molar-refractivity contribution in [2.45, 2.75) is 45.3 Å². The molecule has 2 atom stereocenters. The molecule has 5 nitrogen and oxygen atoms in total. The number of amides is 1. The molecule has 25 heavy (non-hydrogen) atoms. The van der Waals surface area contributed by atoms with Gasteiger partial charge in [0.25, 0.3) is 5.91 Å². The smallest absolute Gasteiger partial charge is 0.263 e. The van der Waals surface area contributed by atoms with Crippen molar-refractivity contribution in [1.29, 1.82) is 0 Å². The summed E-state index contributed by atoms with van der Waals surface area (Å²) in [5.74, 6) is 0.256. The Balaban J connectivity index is 2.13. The Kier molecular flexibility index (Phi) is 7.00. The molecule has 140 valence electrons. The summed E-state index contributed by atoms with van der Waals surface area (Å²) < 4.78 is 29.3. The summed E-state index contributed by atoms with van der Waals surface area (Å²) in [4.78, 5) is 14.5. The Morgan fingerprint density at radius 2 is 2.12 bits per heavy atom. The topological polar surface area (TPSA) is 63.7 Å². The Hall–Kier alpha value is -0.980. The van der Waals surface area contributed by atoms with E-state index in [0.29, 0.717) is 23.7 Å². The lowest BCUT2D eigenvalue weighted by molar-refractivity contribution is -0.140. The molecule has 0 bridgehead atoms. The first-order valence-corrected chi connectivity index (χ1v) is 10.9. The molecule has 2 rings (SSSR count). The van der Waals surface area contributed by atoms with Crippen LogP contribution in [0.25, 0.3) is 0 Å². The Morgan fingerprint density at radius 1 is 1.40 bits per heavy atom. The van der Waals surface area contributed by atoms with Crippen LogP contribution in [0.3, 0.4) is 0 Å². The van der Waals surface area contributed by atoms with Crippen molar-refractivity contribution in [3.8, 4) is 5.75 Å². The maximum Gasteiger partial charge on any atom is 0.263 e. The molecule has 0 N–H and O–H groups in total. The summed E-state index contributed by atoms with van der Waals surface area (Å²) in [5, 5.41) is 0.607. The van der Waals surface area contributed by atoms with E-state index in [-0.39, 0.29) is 28.5 Å². The fourth-order valence-corrected chi connectivity index (χ4v) is 4.94. The molecule has 1 saturated heterocycles. The third-order valence-electron chi connectivity index (χ3n) is 4.25. The summed E-state index contributed by atoms with van der Waals surface area (Å²) in [7, 11) is -3.07. The van der Waals surface area contributed by atoms with Crippen LogP contribution in [0.1, 0.15) is 33.1 Å². The highest BCUT2D eigenvalue weighted by atomic mass is 35.5. The van der Waals surface area contributed by atoms with Gasteiger partial charge in [0.05, 0.1) is 16.5 Å². The van der Waals surface area contributed by atoms with E-state index in [0.717, 1.165) is 12.8 Å². The van der Waals surface area contributed by atoms with Crippen molar-refractivity contribution < 1.29 is 17.9 Å². The van der Waals surface area contributed by atoms with E-state index in [9.17, 15) is 13.2 Å². The van der Waals surface area contributed by atoms with Gasteiger partial charge in [-0.05, 0) is 31.9 Å². The van der Waals surface area contributed by atoms with E-state index >= 15 is 0 Å². The van der Waals surface area contributed by atoms with Gasteiger partial charge in [0.1, 0.15) is 10.8 Å². The van der Waals surface area contributed by atoms with E-state index in [1.807, 2.05) is 6.92 Å². The van der Waals surface area contributed by atoms with Crippen LogP contribution in [0, 0.1) is 0 Å². The van der Waals surface area contributed by atoms with Gasteiger partial charge in [-0.15, -0.1) is 0 Å². The van der Waals surface area contributed by atoms with Crippen LogP contribution >= 0.6 is 23.2 Å². The van der Waals surface area contributed by atoms with Crippen LogP contribution in [0.15, 0.2) is 18.2 Å². The number of carbonyl (C=O) groups is 1. The number of hydrogen-bond donors (Lipinski definition) is 0. The zero-order valence-electron chi connectivity index (χ0n) is 14.4. The van der Waals surface area contributed by atoms with E-state index in [1.165, 1.54) is 0 Å². The van der Waals surface area contributed by atoms with Gasteiger partial charge in [0.2, 0.25) is 0 Å². The fourth-order valence-electron chi connectivity index (χ4n) is 2.87. The second kappa shape index (κ2) is 8.60. The second-order valence-electron chi connectivity index (χ2n) is 6.25. The highest BCUT2D eigenvalue weighted by Gasteiger charge is 2.36. The van der Waals surface area contributed by atoms with E-state index in [2.05, 4.69) is 0 Å². The number of sulfone groups is 1. The molecule has 0 saturated carbocycles. The molecule has 1 aromatic rings. The first-order chi connectivity index (χ1) is 11.7. The molecular formula is C17H23Cl2NO4S. The van der Waals surface area contributed by atoms with Crippen LogP contribution in [0.4, 0.5) is 0 Å². The molecular weight excluding hydrogens is 385 g/mol. The zero-order valence-corrected chi connectivity index (χ0v) is 16.7. The van der Waals surface area contributed by atoms with Crippen molar-refractivity contribution in [3.05, 3.63) is 28.2 Å². The van der Waals surface area contributed by atoms with Crippen molar-refractivity contribution in [2.24, 2.45) is 0 Å². The standard InChI is InChI=1S/C17H23Cl2NO4S/c1-3-4-9-20(13-8-10-25(22,23)11-13)17(21)12(2)24-15-7-5-6-14(18)16(15)19/h5-7,12-13H,3-4,8-11H2,1-2H3. The monoisotopic (exact) mass is 407 g/mol. The first kappa shape index (κ1) is 20.3. The largest absolute Gasteiger partial charge is 0.479 e. The summed E-state index contributed by atoms with van der Waals surface area (Å²) >= 11 is 12.1. The van der Waals surface area contributed by atoms with Gasteiger partial charge in [0.15, 0.2) is 15.9 Å². The van der Waals surface area contributed by atoms with Crippen LogP contribution < -0.4 is 4.74 Å². The lowest BCUT2D eigenvalue weighted by atomic mass is 10.1. The summed E-state index contributed by atoms with van der Waals surface area (Å²) in [5.41, 5.74) is 0. The van der Waals surface area contributed by atoms with Crippen LogP contribution in [0.5, 0.6) is 5.75 Å². The third kappa shape index (κ3) is 5.25. The number of carbonyl (C=O) groups excluding carboxylic acids is 1. The number of hydrogen-bond acceptors (Lipinski definition) is 4. The van der Waals surface area contributed by atoms with Gasteiger partial charge in [0, 0.05) is 12.6 Å². The molecule has 0 spiro atoms.